The van der Waals surface area contributed by atoms with Crippen LogP contribution in [0.5, 0.6) is 0 Å². The number of hydrogen-bond acceptors (Lipinski definition) is 3. The summed E-state index contributed by atoms with van der Waals surface area (Å²) in [4.78, 5) is 7.76. The van der Waals surface area contributed by atoms with Crippen molar-refractivity contribution in [2.75, 3.05) is 39.3 Å². The molecule has 3 heteroatoms. The number of piperazine rings is 1. The lowest BCUT2D eigenvalue weighted by atomic mass is 9.94. The second kappa shape index (κ2) is 6.95. The molecule has 0 aromatic heterocycles. The van der Waals surface area contributed by atoms with Crippen LogP contribution >= 0.6 is 0 Å². The van der Waals surface area contributed by atoms with Crippen molar-refractivity contribution in [1.82, 2.24) is 14.7 Å². The topological polar surface area (TPSA) is 9.72 Å². The molecule has 2 aliphatic rings. The van der Waals surface area contributed by atoms with Crippen molar-refractivity contribution in [2.24, 2.45) is 5.92 Å². The van der Waals surface area contributed by atoms with Gasteiger partial charge >= 0.3 is 0 Å². The Morgan fingerprint density at radius 3 is 2.30 bits per heavy atom. The summed E-state index contributed by atoms with van der Waals surface area (Å²) in [7, 11) is 0. The third-order valence-electron chi connectivity index (χ3n) is 5.18. The molecule has 0 amide bonds. The molecular weight excluding hydrogens is 246 g/mol. The van der Waals surface area contributed by atoms with Crippen LogP contribution in [-0.2, 0) is 0 Å². The van der Waals surface area contributed by atoms with E-state index in [-0.39, 0.29) is 0 Å². The quantitative estimate of drug-likeness (QED) is 0.783. The molecule has 2 heterocycles. The number of nitrogens with zero attached hydrogens (tertiary/aromatic N) is 3. The summed E-state index contributed by atoms with van der Waals surface area (Å²) in [6, 6.07) is 1.39. The molecule has 1 atom stereocenters. The van der Waals surface area contributed by atoms with Gasteiger partial charge in [0, 0.05) is 44.0 Å². The predicted molar refractivity (Wildman–Crippen MR) is 86.9 cm³/mol. The van der Waals surface area contributed by atoms with Gasteiger partial charge in [-0.3, -0.25) is 4.90 Å². The molecule has 116 valence electrons. The fraction of sp³-hybridized carbons (Fsp3) is 0.882. The minimum atomic E-state index is 0.670. The van der Waals surface area contributed by atoms with Crippen LogP contribution in [0.1, 0.15) is 40.5 Å². The molecule has 0 saturated carbocycles. The number of likely N-dealkylation sites (tertiary alicyclic amines) is 1. The van der Waals surface area contributed by atoms with Crippen molar-refractivity contribution >= 4 is 0 Å². The van der Waals surface area contributed by atoms with Crippen molar-refractivity contribution in [3.05, 3.63) is 12.3 Å². The molecule has 0 unspecified atom stereocenters. The Morgan fingerprint density at radius 2 is 1.80 bits per heavy atom. The van der Waals surface area contributed by atoms with Gasteiger partial charge in [0.1, 0.15) is 0 Å². The van der Waals surface area contributed by atoms with Crippen molar-refractivity contribution in [3.63, 3.8) is 0 Å². The van der Waals surface area contributed by atoms with Gasteiger partial charge in [-0.25, -0.2) is 0 Å². The van der Waals surface area contributed by atoms with Crippen LogP contribution < -0.4 is 0 Å². The van der Waals surface area contributed by atoms with Crippen LogP contribution in [0.3, 0.4) is 0 Å². The molecule has 20 heavy (non-hydrogen) atoms. The minimum absolute atomic E-state index is 0.670. The van der Waals surface area contributed by atoms with Crippen LogP contribution in [0.15, 0.2) is 12.3 Å². The standard InChI is InChI=1S/C17H33N3/c1-14(2)18-8-6-17(7-9-18)13-20-11-10-19(15(3)4)12-16(20)5/h14,16-17H,3,6-13H2,1-2,4-5H3/t16-/m1/s1. The van der Waals surface area contributed by atoms with E-state index in [9.17, 15) is 0 Å². The third-order valence-corrected chi connectivity index (χ3v) is 5.18. The summed E-state index contributed by atoms with van der Waals surface area (Å²) in [6.45, 7) is 20.6. The summed E-state index contributed by atoms with van der Waals surface area (Å²) >= 11 is 0. The van der Waals surface area contributed by atoms with E-state index in [0.29, 0.717) is 12.1 Å². The van der Waals surface area contributed by atoms with Gasteiger partial charge in [-0.1, -0.05) is 6.58 Å². The second-order valence-corrected chi connectivity index (χ2v) is 7.10. The molecule has 2 aliphatic heterocycles. The molecule has 2 fully saturated rings. The van der Waals surface area contributed by atoms with Crippen LogP contribution in [0.2, 0.25) is 0 Å². The fourth-order valence-corrected chi connectivity index (χ4v) is 3.60. The second-order valence-electron chi connectivity index (χ2n) is 7.10. The molecule has 3 nitrogen and oxygen atoms in total. The Balaban J connectivity index is 1.76. The molecule has 0 aromatic carbocycles. The molecule has 0 spiro atoms. The van der Waals surface area contributed by atoms with Crippen LogP contribution in [0.4, 0.5) is 0 Å². The van der Waals surface area contributed by atoms with E-state index in [1.165, 1.54) is 44.7 Å². The highest BCUT2D eigenvalue weighted by Crippen LogP contribution is 2.22. The molecule has 0 aliphatic carbocycles. The van der Waals surface area contributed by atoms with E-state index < -0.39 is 0 Å². The van der Waals surface area contributed by atoms with Gasteiger partial charge in [0.05, 0.1) is 0 Å². The minimum Gasteiger partial charge on any atom is -0.373 e. The number of hydrogen-bond donors (Lipinski definition) is 0. The predicted octanol–water partition coefficient (Wildman–Crippen LogP) is 2.65. The Kier molecular flexibility index (Phi) is 5.50. The largest absolute Gasteiger partial charge is 0.373 e. The Hall–Kier alpha value is -0.540. The molecule has 0 aromatic rings. The Morgan fingerprint density at radius 1 is 1.15 bits per heavy atom. The average Bonchev–Trinajstić information content (AvgIpc) is 2.41. The first-order chi connectivity index (χ1) is 9.47. The van der Waals surface area contributed by atoms with E-state index >= 15 is 0 Å². The van der Waals surface area contributed by atoms with E-state index in [4.69, 9.17) is 0 Å². The zero-order valence-corrected chi connectivity index (χ0v) is 13.9. The van der Waals surface area contributed by atoms with Crippen molar-refractivity contribution in [2.45, 2.75) is 52.6 Å². The van der Waals surface area contributed by atoms with Crippen LogP contribution in [0, 0.1) is 5.92 Å². The van der Waals surface area contributed by atoms with E-state index in [1.807, 2.05) is 0 Å². The Bertz CT molecular complexity index is 318. The van der Waals surface area contributed by atoms with Gasteiger partial charge in [0.2, 0.25) is 0 Å². The highest BCUT2D eigenvalue weighted by Gasteiger charge is 2.27. The van der Waals surface area contributed by atoms with Gasteiger partial charge in [-0.15, -0.1) is 0 Å². The lowest BCUT2D eigenvalue weighted by molar-refractivity contribution is 0.0657. The number of allylic oxidation sites excluding steroid dienone is 1. The third kappa shape index (κ3) is 3.98. The first-order valence-corrected chi connectivity index (χ1v) is 8.36. The van der Waals surface area contributed by atoms with Gasteiger partial charge in [-0.2, -0.15) is 0 Å². The molecular formula is C17H33N3. The van der Waals surface area contributed by atoms with E-state index in [2.05, 4.69) is 49.0 Å². The zero-order chi connectivity index (χ0) is 14.7. The van der Waals surface area contributed by atoms with Crippen LogP contribution in [0.25, 0.3) is 0 Å². The van der Waals surface area contributed by atoms with Crippen molar-refractivity contribution in [1.29, 1.82) is 0 Å². The smallest absolute Gasteiger partial charge is 0.0328 e. The summed E-state index contributed by atoms with van der Waals surface area (Å²) in [5.41, 5.74) is 1.22. The molecule has 0 bridgehead atoms. The first kappa shape index (κ1) is 15.8. The SMILES string of the molecule is C=C(C)N1CCN(CC2CCN(C(C)C)CC2)[C@H](C)C1. The average molecular weight is 279 g/mol. The monoisotopic (exact) mass is 279 g/mol. The maximum atomic E-state index is 4.08. The Labute approximate surface area is 125 Å². The molecule has 0 radical (unpaired) electrons. The molecule has 2 saturated heterocycles. The normalized spacial score (nSPS) is 27.2. The zero-order valence-electron chi connectivity index (χ0n) is 13.9. The highest BCUT2D eigenvalue weighted by molar-refractivity contribution is 4.94. The van der Waals surface area contributed by atoms with Gasteiger partial charge in [0.15, 0.2) is 0 Å². The summed E-state index contributed by atoms with van der Waals surface area (Å²) in [6.07, 6.45) is 2.76. The van der Waals surface area contributed by atoms with Gasteiger partial charge < -0.3 is 9.80 Å². The summed E-state index contributed by atoms with van der Waals surface area (Å²) < 4.78 is 0. The maximum Gasteiger partial charge on any atom is 0.0328 e. The lowest BCUT2D eigenvalue weighted by Crippen LogP contribution is -2.53. The van der Waals surface area contributed by atoms with E-state index in [1.54, 1.807) is 0 Å². The van der Waals surface area contributed by atoms with Gasteiger partial charge in [-0.05, 0) is 59.5 Å². The van der Waals surface area contributed by atoms with Crippen molar-refractivity contribution in [3.8, 4) is 0 Å². The maximum absolute atomic E-state index is 4.08. The van der Waals surface area contributed by atoms with Gasteiger partial charge in [0.25, 0.3) is 0 Å². The number of piperidine rings is 1. The molecule has 2 rings (SSSR count). The van der Waals surface area contributed by atoms with Crippen molar-refractivity contribution < 1.29 is 0 Å². The number of rotatable bonds is 4. The summed E-state index contributed by atoms with van der Waals surface area (Å²) in [5, 5.41) is 0. The van der Waals surface area contributed by atoms with E-state index in [0.717, 1.165) is 19.0 Å². The van der Waals surface area contributed by atoms with Crippen LogP contribution in [-0.4, -0.2) is 66.1 Å². The lowest BCUT2D eigenvalue weighted by Gasteiger charge is -2.44. The first-order valence-electron chi connectivity index (χ1n) is 8.36. The molecule has 0 N–H and O–H groups in total. The summed E-state index contributed by atoms with van der Waals surface area (Å²) in [5.74, 6) is 0.906. The highest BCUT2D eigenvalue weighted by atomic mass is 15.3. The fourth-order valence-electron chi connectivity index (χ4n) is 3.60.